The number of alkyl halides is 1. The molecule has 2 aromatic heterocycles. The Bertz CT molecular complexity index is 1090. The highest BCUT2D eigenvalue weighted by molar-refractivity contribution is 5.85. The third kappa shape index (κ3) is 13.2. The Kier molecular flexibility index (Phi) is 13.0. The Balaban J connectivity index is 0.000000838. The van der Waals surface area contributed by atoms with Crippen LogP contribution in [0, 0.1) is 17.2 Å². The van der Waals surface area contributed by atoms with Crippen molar-refractivity contribution in [3.05, 3.63) is 12.2 Å². The summed E-state index contributed by atoms with van der Waals surface area (Å²) in [4.78, 5) is 36.3. The molecule has 0 spiro atoms. The maximum absolute atomic E-state index is 12.6. The number of hydrogen-bond donors (Lipinski definition) is 2. The first-order valence-corrected chi connectivity index (χ1v) is 12.9. The van der Waals surface area contributed by atoms with E-state index >= 15 is 0 Å². The fourth-order valence-corrected chi connectivity index (χ4v) is 3.69. The predicted octanol–water partition coefficient (Wildman–Crippen LogP) is 4.15. The van der Waals surface area contributed by atoms with Gasteiger partial charge in [0, 0.05) is 19.6 Å². The van der Waals surface area contributed by atoms with Crippen molar-refractivity contribution in [2.24, 2.45) is 5.92 Å². The number of hydrogen-bond acceptors (Lipinski definition) is 9. The van der Waals surface area contributed by atoms with E-state index in [1.54, 1.807) is 11.3 Å². The van der Waals surface area contributed by atoms with Gasteiger partial charge in [-0.2, -0.15) is 15.2 Å². The summed E-state index contributed by atoms with van der Waals surface area (Å²) in [6.45, 7) is 11.8. The third-order valence-electron chi connectivity index (χ3n) is 5.13. The van der Waals surface area contributed by atoms with Crippen LogP contribution < -0.4 is 10.4 Å². The molecular weight excluding hydrogens is 507 g/mol. The molecule has 12 nitrogen and oxygen atoms in total. The van der Waals surface area contributed by atoms with Crippen molar-refractivity contribution in [1.29, 1.82) is 5.26 Å². The Morgan fingerprint density at radius 1 is 1.26 bits per heavy atom. The first-order valence-electron chi connectivity index (χ1n) is 12.9. The first-order chi connectivity index (χ1) is 18.1. The minimum atomic E-state index is -1.00. The first kappa shape index (κ1) is 33.5. The number of anilines is 1. The fourth-order valence-electron chi connectivity index (χ4n) is 3.69. The topological polar surface area (TPSA) is 150 Å². The lowest BCUT2D eigenvalue weighted by molar-refractivity contribution is -0.122. The molecule has 3 rings (SSSR count). The Hall–Kier alpha value is -3.53. The molecule has 0 bridgehead atoms. The highest BCUT2D eigenvalue weighted by Crippen LogP contribution is 2.29. The summed E-state index contributed by atoms with van der Waals surface area (Å²) in [5.41, 5.74) is 2.33. The second-order valence-electron chi connectivity index (χ2n) is 11.4. The molecule has 0 aliphatic heterocycles. The number of carbonyl (C=O) groups is 2. The van der Waals surface area contributed by atoms with Gasteiger partial charge in [-0.15, -0.1) is 0 Å². The lowest BCUT2D eigenvalue weighted by Gasteiger charge is -2.29. The zero-order chi connectivity index (χ0) is 29.8. The number of likely N-dealkylation sites (N-methyl/N-ethyl adjacent to an activating group) is 1. The Labute approximate surface area is 230 Å². The van der Waals surface area contributed by atoms with Crippen molar-refractivity contribution >= 4 is 29.5 Å². The molecule has 0 saturated heterocycles. The number of imidazole rings is 1. The molecule has 2 heterocycles. The molecule has 1 fully saturated rings. The number of halogens is 1. The molecule has 39 heavy (non-hydrogen) atoms. The Morgan fingerprint density at radius 2 is 1.82 bits per heavy atom. The highest BCUT2D eigenvalue weighted by atomic mass is 19.1. The smallest absolute Gasteiger partial charge is 0.426 e. The number of ether oxygens (including phenoxy) is 1. The van der Waals surface area contributed by atoms with E-state index in [0.29, 0.717) is 36.0 Å². The number of nitrogens with one attached hydrogen (secondary N) is 1. The maximum Gasteiger partial charge on any atom is 0.426 e. The van der Waals surface area contributed by atoms with Crippen molar-refractivity contribution in [1.82, 2.24) is 29.8 Å². The monoisotopic (exact) mass is 550 g/mol. The maximum atomic E-state index is 12.6. The molecule has 2 N–H and O–H groups in total. The van der Waals surface area contributed by atoms with Crippen LogP contribution in [0.1, 0.15) is 73.1 Å². The van der Waals surface area contributed by atoms with Gasteiger partial charge in [-0.3, -0.25) is 9.80 Å². The number of rotatable bonds is 7. The lowest BCUT2D eigenvalue weighted by Crippen LogP contribution is -2.47. The van der Waals surface area contributed by atoms with Gasteiger partial charge in [-0.25, -0.2) is 19.6 Å². The van der Waals surface area contributed by atoms with E-state index in [2.05, 4.69) is 25.3 Å². The van der Waals surface area contributed by atoms with E-state index in [0.717, 1.165) is 19.4 Å². The molecule has 0 atom stereocenters. The van der Waals surface area contributed by atoms with Crippen LogP contribution in [-0.4, -0.2) is 80.5 Å². The van der Waals surface area contributed by atoms with E-state index in [1.165, 1.54) is 33.6 Å². The van der Waals surface area contributed by atoms with Crippen LogP contribution in [0.5, 0.6) is 0 Å². The molecule has 13 heteroatoms. The van der Waals surface area contributed by atoms with Crippen molar-refractivity contribution in [3.63, 3.8) is 0 Å². The summed E-state index contributed by atoms with van der Waals surface area (Å²) in [5.74, 6) is 0.876. The van der Waals surface area contributed by atoms with Gasteiger partial charge in [0.05, 0.1) is 6.33 Å². The number of carboxylic acid groups (broad SMARTS) is 1. The number of carbonyl (C=O) groups excluding carboxylic acids is 1. The molecule has 1 saturated carbocycles. The Morgan fingerprint density at radius 3 is 2.31 bits per heavy atom. The molecule has 0 aromatic carbocycles. The molecule has 2 aromatic rings. The van der Waals surface area contributed by atoms with Crippen LogP contribution in [0.4, 0.5) is 15.0 Å². The van der Waals surface area contributed by atoms with Crippen molar-refractivity contribution in [2.75, 3.05) is 32.2 Å². The van der Waals surface area contributed by atoms with E-state index in [4.69, 9.17) is 14.6 Å². The van der Waals surface area contributed by atoms with Crippen LogP contribution in [0.2, 0.25) is 0 Å². The van der Waals surface area contributed by atoms with Crippen LogP contribution in [0.3, 0.4) is 0 Å². The fraction of sp³-hybridized carbons (Fsp3) is 0.692. The SMILES string of the molecule is CC(C)(C)F.CN(C)CCn1cnc2c(N(CC3CCCC3)NC(=O)OC(C)(C)C)nc(C#N)nc21.O=CO. The van der Waals surface area contributed by atoms with Gasteiger partial charge in [-0.05, 0) is 74.4 Å². The molecule has 1 amide bonds. The summed E-state index contributed by atoms with van der Waals surface area (Å²) < 4.78 is 19.1. The molecule has 0 unspecified atom stereocenters. The molecular formula is C26H43FN8O4. The second-order valence-corrected chi connectivity index (χ2v) is 11.4. The van der Waals surface area contributed by atoms with Gasteiger partial charge in [0.2, 0.25) is 5.82 Å². The van der Waals surface area contributed by atoms with Gasteiger partial charge >= 0.3 is 6.09 Å². The van der Waals surface area contributed by atoms with Gasteiger partial charge in [0.15, 0.2) is 17.0 Å². The standard InChI is InChI=1S/C21H32N8O2.C4H9F.CH2O2/c1-21(2,3)31-20(30)26-29(13-15-8-6-7-9-15)19-17-18(24-16(12-22)25-19)28(14-23-17)11-10-27(4)5;1-4(2,3)5;2-1-3/h14-15H,6-11,13H2,1-5H3,(H,26,30);1-3H3;1H,(H,2,3). The number of nitrogens with zero attached hydrogens (tertiary/aromatic N) is 7. The highest BCUT2D eigenvalue weighted by Gasteiger charge is 2.26. The van der Waals surface area contributed by atoms with Crippen molar-refractivity contribution in [2.45, 2.75) is 85.0 Å². The number of nitriles is 1. The summed E-state index contributed by atoms with van der Waals surface area (Å²) in [7, 11) is 3.99. The number of aromatic nitrogens is 4. The lowest BCUT2D eigenvalue weighted by atomic mass is 10.1. The zero-order valence-corrected chi connectivity index (χ0v) is 24.4. The summed E-state index contributed by atoms with van der Waals surface area (Å²) in [5, 5.41) is 18.1. The third-order valence-corrected chi connectivity index (χ3v) is 5.13. The number of hydrazine groups is 1. The summed E-state index contributed by atoms with van der Waals surface area (Å²) >= 11 is 0. The number of fused-ring (bicyclic) bond motifs is 1. The van der Waals surface area contributed by atoms with E-state index in [-0.39, 0.29) is 12.3 Å². The van der Waals surface area contributed by atoms with Crippen LogP contribution in [-0.2, 0) is 16.1 Å². The van der Waals surface area contributed by atoms with E-state index in [9.17, 15) is 14.4 Å². The summed E-state index contributed by atoms with van der Waals surface area (Å²) in [6.07, 6.45) is 5.66. The van der Waals surface area contributed by atoms with Gasteiger partial charge < -0.3 is 19.3 Å². The van der Waals surface area contributed by atoms with Crippen LogP contribution in [0.15, 0.2) is 6.33 Å². The van der Waals surface area contributed by atoms with Crippen LogP contribution in [0.25, 0.3) is 11.2 Å². The van der Waals surface area contributed by atoms with Crippen LogP contribution >= 0.6 is 0 Å². The van der Waals surface area contributed by atoms with Gasteiger partial charge in [0.25, 0.3) is 6.47 Å². The molecule has 218 valence electrons. The van der Waals surface area contributed by atoms with Gasteiger partial charge in [0.1, 0.15) is 17.3 Å². The predicted molar refractivity (Wildman–Crippen MR) is 147 cm³/mol. The minimum absolute atomic E-state index is 0.0384. The molecule has 1 aliphatic rings. The van der Waals surface area contributed by atoms with Crippen molar-refractivity contribution < 1.29 is 23.8 Å². The largest absolute Gasteiger partial charge is 0.483 e. The number of amides is 1. The van der Waals surface area contributed by atoms with Crippen molar-refractivity contribution in [3.8, 4) is 6.07 Å². The second kappa shape index (κ2) is 15.2. The summed E-state index contributed by atoms with van der Waals surface area (Å²) in [6, 6.07) is 2.04. The minimum Gasteiger partial charge on any atom is -0.483 e. The normalized spacial score (nSPS) is 13.6. The average Bonchev–Trinajstić information content (AvgIpc) is 3.44. The van der Waals surface area contributed by atoms with Gasteiger partial charge in [-0.1, -0.05) is 12.8 Å². The molecule has 0 radical (unpaired) electrons. The van der Waals surface area contributed by atoms with E-state index in [1.807, 2.05) is 45.5 Å². The zero-order valence-electron chi connectivity index (χ0n) is 24.4. The molecule has 1 aliphatic carbocycles. The van der Waals surface area contributed by atoms with E-state index < -0.39 is 17.4 Å². The average molecular weight is 551 g/mol. The quantitative estimate of drug-likeness (QED) is 0.380.